The van der Waals surface area contributed by atoms with Crippen LogP contribution in [0, 0.1) is 0 Å². The van der Waals surface area contributed by atoms with Gasteiger partial charge in [0.15, 0.2) is 0 Å². The number of amides is 1. The molecular formula is C13H27N3O. The molecule has 0 aromatic carbocycles. The fourth-order valence-corrected chi connectivity index (χ4v) is 2.40. The Kier molecular flexibility index (Phi) is 7.21. The van der Waals surface area contributed by atoms with Crippen molar-refractivity contribution in [2.75, 3.05) is 33.7 Å². The molecule has 4 nitrogen and oxygen atoms in total. The minimum Gasteiger partial charge on any atom is -0.355 e. The first-order chi connectivity index (χ1) is 8.24. The third-order valence-corrected chi connectivity index (χ3v) is 3.59. The van der Waals surface area contributed by atoms with Gasteiger partial charge in [-0.1, -0.05) is 19.3 Å². The maximum atomic E-state index is 11.4. The molecule has 1 fully saturated rings. The largest absolute Gasteiger partial charge is 0.355 e. The standard InChI is InChI=1S/C13H27N3O/c1-14-9-8-13(17)15-10-11-16(2)12-6-4-3-5-7-12/h12,14H,3-11H2,1-2H3,(H,15,17). The van der Waals surface area contributed by atoms with E-state index in [4.69, 9.17) is 0 Å². The number of rotatable bonds is 7. The van der Waals surface area contributed by atoms with Crippen molar-refractivity contribution in [2.24, 2.45) is 0 Å². The van der Waals surface area contributed by atoms with Crippen LogP contribution in [0.25, 0.3) is 0 Å². The highest BCUT2D eigenvalue weighted by Crippen LogP contribution is 2.21. The Balaban J connectivity index is 2.06. The summed E-state index contributed by atoms with van der Waals surface area (Å²) >= 11 is 0. The highest BCUT2D eigenvalue weighted by atomic mass is 16.1. The summed E-state index contributed by atoms with van der Waals surface area (Å²) in [4.78, 5) is 13.8. The van der Waals surface area contributed by atoms with Gasteiger partial charge in [-0.3, -0.25) is 4.79 Å². The first-order valence-corrected chi connectivity index (χ1v) is 6.85. The molecule has 0 saturated heterocycles. The van der Waals surface area contributed by atoms with Crippen LogP contribution < -0.4 is 10.6 Å². The average Bonchev–Trinajstić information content (AvgIpc) is 2.37. The van der Waals surface area contributed by atoms with Gasteiger partial charge in [-0.2, -0.15) is 0 Å². The third-order valence-electron chi connectivity index (χ3n) is 3.59. The van der Waals surface area contributed by atoms with E-state index in [1.807, 2.05) is 7.05 Å². The fourth-order valence-electron chi connectivity index (χ4n) is 2.40. The molecule has 0 aromatic heterocycles. The van der Waals surface area contributed by atoms with E-state index < -0.39 is 0 Å². The van der Waals surface area contributed by atoms with Gasteiger partial charge in [0.25, 0.3) is 0 Å². The summed E-state index contributed by atoms with van der Waals surface area (Å²) in [6.07, 6.45) is 7.34. The summed E-state index contributed by atoms with van der Waals surface area (Å²) in [5.41, 5.74) is 0. The van der Waals surface area contributed by atoms with Crippen molar-refractivity contribution in [3.8, 4) is 0 Å². The van der Waals surface area contributed by atoms with Crippen LogP contribution in [-0.4, -0.2) is 50.6 Å². The monoisotopic (exact) mass is 241 g/mol. The van der Waals surface area contributed by atoms with Crippen LogP contribution in [0.3, 0.4) is 0 Å². The maximum absolute atomic E-state index is 11.4. The van der Waals surface area contributed by atoms with E-state index in [0.29, 0.717) is 6.42 Å². The van der Waals surface area contributed by atoms with Gasteiger partial charge in [0.2, 0.25) is 5.91 Å². The number of nitrogens with one attached hydrogen (secondary N) is 2. The van der Waals surface area contributed by atoms with Crippen LogP contribution in [-0.2, 0) is 4.79 Å². The second kappa shape index (κ2) is 8.48. The topological polar surface area (TPSA) is 44.4 Å². The van der Waals surface area contributed by atoms with Crippen LogP contribution in [0.1, 0.15) is 38.5 Å². The van der Waals surface area contributed by atoms with Crippen LogP contribution in [0.15, 0.2) is 0 Å². The summed E-state index contributed by atoms with van der Waals surface area (Å²) in [6, 6.07) is 0.734. The van der Waals surface area contributed by atoms with E-state index in [2.05, 4.69) is 22.6 Å². The van der Waals surface area contributed by atoms with Gasteiger partial charge >= 0.3 is 0 Å². The molecule has 1 amide bonds. The molecular weight excluding hydrogens is 214 g/mol. The van der Waals surface area contributed by atoms with Crippen molar-refractivity contribution in [1.82, 2.24) is 15.5 Å². The number of carbonyl (C=O) groups excluding carboxylic acids is 1. The molecule has 1 aliphatic carbocycles. The minimum absolute atomic E-state index is 0.149. The van der Waals surface area contributed by atoms with Crippen molar-refractivity contribution in [3.63, 3.8) is 0 Å². The van der Waals surface area contributed by atoms with Crippen LogP contribution in [0.4, 0.5) is 0 Å². The van der Waals surface area contributed by atoms with Gasteiger partial charge in [0.1, 0.15) is 0 Å². The Morgan fingerprint density at radius 3 is 2.59 bits per heavy atom. The Morgan fingerprint density at radius 1 is 1.24 bits per heavy atom. The number of nitrogens with zero attached hydrogens (tertiary/aromatic N) is 1. The lowest BCUT2D eigenvalue weighted by Gasteiger charge is -2.31. The molecule has 0 aromatic rings. The van der Waals surface area contributed by atoms with Crippen molar-refractivity contribution in [1.29, 1.82) is 0 Å². The van der Waals surface area contributed by atoms with Gasteiger partial charge in [-0.25, -0.2) is 0 Å². The number of hydrogen-bond acceptors (Lipinski definition) is 3. The normalized spacial score (nSPS) is 17.4. The van der Waals surface area contributed by atoms with Crippen LogP contribution in [0.5, 0.6) is 0 Å². The van der Waals surface area contributed by atoms with Crippen molar-refractivity contribution in [2.45, 2.75) is 44.6 Å². The molecule has 1 saturated carbocycles. The Morgan fingerprint density at radius 2 is 1.94 bits per heavy atom. The summed E-state index contributed by atoms with van der Waals surface area (Å²) in [5.74, 6) is 0.149. The first kappa shape index (κ1) is 14.5. The Labute approximate surface area is 105 Å². The number of carbonyl (C=O) groups is 1. The molecule has 0 spiro atoms. The SMILES string of the molecule is CNCCC(=O)NCCN(C)C1CCCCC1. The van der Waals surface area contributed by atoms with E-state index >= 15 is 0 Å². The van der Waals surface area contributed by atoms with Gasteiger partial charge < -0.3 is 15.5 Å². The molecule has 0 aliphatic heterocycles. The molecule has 17 heavy (non-hydrogen) atoms. The van der Waals surface area contributed by atoms with E-state index in [-0.39, 0.29) is 5.91 Å². The van der Waals surface area contributed by atoms with Gasteiger partial charge in [-0.05, 0) is 26.9 Å². The lowest BCUT2D eigenvalue weighted by Crippen LogP contribution is -2.39. The molecule has 0 heterocycles. The zero-order chi connectivity index (χ0) is 12.5. The predicted molar refractivity (Wildman–Crippen MR) is 71.1 cm³/mol. The zero-order valence-corrected chi connectivity index (χ0v) is 11.3. The lowest BCUT2D eigenvalue weighted by atomic mass is 9.94. The predicted octanol–water partition coefficient (Wildman–Crippen LogP) is 0.977. The third kappa shape index (κ3) is 6.03. The Bertz CT molecular complexity index is 215. The molecule has 1 rings (SSSR count). The van der Waals surface area contributed by atoms with Gasteiger partial charge in [0, 0.05) is 32.1 Å². The van der Waals surface area contributed by atoms with Crippen molar-refractivity contribution >= 4 is 5.91 Å². The van der Waals surface area contributed by atoms with Crippen LogP contribution in [0.2, 0.25) is 0 Å². The van der Waals surface area contributed by atoms with E-state index in [0.717, 1.165) is 25.7 Å². The molecule has 0 radical (unpaired) electrons. The fraction of sp³-hybridized carbons (Fsp3) is 0.923. The van der Waals surface area contributed by atoms with Crippen LogP contribution >= 0.6 is 0 Å². The average molecular weight is 241 g/mol. The highest BCUT2D eigenvalue weighted by Gasteiger charge is 2.17. The van der Waals surface area contributed by atoms with E-state index in [1.165, 1.54) is 32.1 Å². The molecule has 0 unspecified atom stereocenters. The second-order valence-electron chi connectivity index (χ2n) is 4.98. The summed E-state index contributed by atoms with van der Waals surface area (Å²) < 4.78 is 0. The molecule has 0 bridgehead atoms. The molecule has 4 heteroatoms. The molecule has 100 valence electrons. The first-order valence-electron chi connectivity index (χ1n) is 6.85. The number of likely N-dealkylation sites (N-methyl/N-ethyl adjacent to an activating group) is 1. The van der Waals surface area contributed by atoms with E-state index in [1.54, 1.807) is 0 Å². The van der Waals surface area contributed by atoms with Crippen molar-refractivity contribution < 1.29 is 4.79 Å². The smallest absolute Gasteiger partial charge is 0.221 e. The van der Waals surface area contributed by atoms with Gasteiger partial charge in [-0.15, -0.1) is 0 Å². The second-order valence-corrected chi connectivity index (χ2v) is 4.98. The molecule has 0 atom stereocenters. The van der Waals surface area contributed by atoms with Gasteiger partial charge in [0.05, 0.1) is 0 Å². The lowest BCUT2D eigenvalue weighted by molar-refractivity contribution is -0.121. The van der Waals surface area contributed by atoms with Crippen molar-refractivity contribution in [3.05, 3.63) is 0 Å². The zero-order valence-electron chi connectivity index (χ0n) is 11.3. The Hall–Kier alpha value is -0.610. The minimum atomic E-state index is 0.149. The molecule has 2 N–H and O–H groups in total. The summed E-state index contributed by atoms with van der Waals surface area (Å²) in [6.45, 7) is 2.50. The highest BCUT2D eigenvalue weighted by molar-refractivity contribution is 5.76. The van der Waals surface area contributed by atoms with E-state index in [9.17, 15) is 4.79 Å². The number of hydrogen-bond donors (Lipinski definition) is 2. The summed E-state index contributed by atoms with van der Waals surface area (Å²) in [7, 11) is 4.04. The maximum Gasteiger partial charge on any atom is 0.221 e. The molecule has 1 aliphatic rings. The summed E-state index contributed by atoms with van der Waals surface area (Å²) in [5, 5.41) is 5.95. The quantitative estimate of drug-likeness (QED) is 0.698.